The zero-order valence-electron chi connectivity index (χ0n) is 64.5. The van der Waals surface area contributed by atoms with E-state index in [-0.39, 0.29) is 80.9 Å². The van der Waals surface area contributed by atoms with E-state index in [1.54, 1.807) is 66.7 Å². The van der Waals surface area contributed by atoms with Crippen LogP contribution in [-0.4, -0.2) is 256 Å². The van der Waals surface area contributed by atoms with E-state index in [2.05, 4.69) is 15.6 Å². The fourth-order valence-electron chi connectivity index (χ4n) is 13.2. The Bertz CT molecular complexity index is 3120. The van der Waals surface area contributed by atoms with Gasteiger partial charge in [0, 0.05) is 111 Å². The Morgan fingerprint density at radius 2 is 1.07 bits per heavy atom. The van der Waals surface area contributed by atoms with Gasteiger partial charge >= 0.3 is 0 Å². The van der Waals surface area contributed by atoms with Crippen LogP contribution in [-0.2, 0) is 59.2 Å². The molecule has 0 saturated carbocycles. The van der Waals surface area contributed by atoms with Gasteiger partial charge in [-0.3, -0.25) is 57.5 Å². The highest BCUT2D eigenvalue weighted by Crippen LogP contribution is 2.30. The van der Waals surface area contributed by atoms with Gasteiger partial charge in [0.1, 0.15) is 36.0 Å². The zero-order valence-corrected chi connectivity index (χ0v) is 64.5. The van der Waals surface area contributed by atoms with Crippen LogP contribution in [0.5, 0.6) is 0 Å². The molecule has 1 fully saturated rings. The molecule has 2 aromatic rings. The smallest absolute Gasteiger partial charge is 0.251 e. The first kappa shape index (κ1) is 86.1. The molecule has 4 N–H and O–H groups in total. The normalized spacial score (nSPS) is 25.0. The minimum Gasteiger partial charge on any atom is -0.390 e. The number of nitrogens with zero attached hydrogens (tertiary/aromatic N) is 9. The number of amides is 9. The van der Waals surface area contributed by atoms with Crippen molar-refractivity contribution in [3.63, 3.8) is 0 Å². The van der Waals surface area contributed by atoms with Gasteiger partial charge in [0.2, 0.25) is 47.3 Å². The lowest BCUT2D eigenvalue weighted by Gasteiger charge is -2.41. The molecule has 99 heavy (non-hydrogen) atoms. The van der Waals surface area contributed by atoms with Crippen LogP contribution in [0.2, 0.25) is 0 Å². The summed E-state index contributed by atoms with van der Waals surface area (Å²) in [6, 6.07) is -3.48. The molecule has 12 atom stereocenters. The predicted molar refractivity (Wildman–Crippen MR) is 383 cm³/mol. The highest BCUT2D eigenvalue weighted by atomic mass is 16.3. The van der Waals surface area contributed by atoms with Crippen molar-refractivity contribution in [1.82, 2.24) is 59.8 Å². The topological polar surface area (TPSA) is 304 Å². The molecular formula is C74H124N12O13. The van der Waals surface area contributed by atoms with Gasteiger partial charge in [-0.05, 0) is 113 Å². The molecule has 1 saturated heterocycles. The molecule has 0 aliphatic carbocycles. The highest BCUT2D eigenvalue weighted by molar-refractivity contribution is 6.00. The number of hydrogen-bond donors (Lipinski definition) is 4. The van der Waals surface area contributed by atoms with Gasteiger partial charge in [0.25, 0.3) is 5.91 Å². The van der Waals surface area contributed by atoms with Gasteiger partial charge in [0.05, 0.1) is 35.8 Å². The molecule has 558 valence electrons. The number of Topliss-reactive ketones (excluding diaryl/α,β-unsaturated/α-hetero) is 3. The van der Waals surface area contributed by atoms with Gasteiger partial charge in [-0.15, -0.1) is 0 Å². The van der Waals surface area contributed by atoms with Crippen molar-refractivity contribution >= 4 is 81.5 Å². The minimum absolute atomic E-state index is 0.0423. The minimum atomic E-state index is -1.64. The van der Waals surface area contributed by atoms with Gasteiger partial charge in [-0.25, -0.2) is 4.98 Å². The summed E-state index contributed by atoms with van der Waals surface area (Å²) in [4.78, 5) is 195. The van der Waals surface area contributed by atoms with Gasteiger partial charge in [-0.1, -0.05) is 104 Å². The van der Waals surface area contributed by atoms with E-state index < -0.39 is 161 Å². The van der Waals surface area contributed by atoms with Crippen LogP contribution < -0.4 is 10.6 Å². The van der Waals surface area contributed by atoms with Crippen molar-refractivity contribution < 1.29 is 62.6 Å². The highest BCUT2D eigenvalue weighted by Gasteiger charge is 2.46. The van der Waals surface area contributed by atoms with Crippen molar-refractivity contribution in [2.45, 2.75) is 217 Å². The Labute approximate surface area is 590 Å². The van der Waals surface area contributed by atoms with Crippen molar-refractivity contribution in [1.29, 1.82) is 0 Å². The van der Waals surface area contributed by atoms with Crippen molar-refractivity contribution in [2.75, 3.05) is 83.1 Å². The van der Waals surface area contributed by atoms with Gasteiger partial charge < -0.3 is 59.9 Å². The van der Waals surface area contributed by atoms with Crippen molar-refractivity contribution in [3.8, 4) is 0 Å². The summed E-state index contributed by atoms with van der Waals surface area (Å²) in [5.41, 5.74) is 1.48. The maximum atomic E-state index is 15.6. The number of likely N-dealkylation sites (N-methyl/N-ethyl adjacent to an activating group) is 8. The molecule has 2 heterocycles. The Morgan fingerprint density at radius 1 is 0.586 bits per heavy atom. The number of rotatable bonds is 19. The molecule has 9 amide bonds. The lowest BCUT2D eigenvalue weighted by atomic mass is 9.84. The Morgan fingerprint density at radius 3 is 1.58 bits per heavy atom. The number of aliphatic hydroxyl groups is 1. The van der Waals surface area contributed by atoms with Crippen LogP contribution in [0.25, 0.3) is 11.0 Å². The van der Waals surface area contributed by atoms with E-state index >= 15 is 19.2 Å². The Balaban J connectivity index is 2.33. The number of fused-ring (bicyclic) bond motifs is 1. The number of hydrogen-bond acceptors (Lipinski definition) is 15. The van der Waals surface area contributed by atoms with E-state index in [9.17, 15) is 43.5 Å². The lowest BCUT2D eigenvalue weighted by Crippen LogP contribution is -2.62. The number of aromatic amines is 1. The molecule has 1 aliphatic heterocycles. The summed E-state index contributed by atoms with van der Waals surface area (Å²) in [6.45, 7) is 29.1. The first-order chi connectivity index (χ1) is 45.9. The largest absolute Gasteiger partial charge is 0.390 e. The molecule has 25 heteroatoms. The maximum absolute atomic E-state index is 15.6. The monoisotopic (exact) mass is 1390 g/mol. The number of nitrogens with one attached hydrogen (secondary N) is 3. The zero-order chi connectivity index (χ0) is 75.7. The van der Waals surface area contributed by atoms with E-state index in [4.69, 9.17) is 4.98 Å². The fraction of sp³-hybridized carbons (Fsp3) is 0.743. The molecule has 0 bridgehead atoms. The second kappa shape index (κ2) is 38.6. The lowest BCUT2D eigenvalue weighted by molar-refractivity contribution is -0.157. The quantitative estimate of drug-likeness (QED) is 0.126. The first-order valence-corrected chi connectivity index (χ1v) is 35.7. The van der Waals surface area contributed by atoms with Crippen molar-refractivity contribution in [2.24, 2.45) is 59.2 Å². The number of carbonyl (C=O) groups excluding carboxylic acids is 12. The number of aliphatic hydroxyl groups excluding tert-OH is 1. The third-order valence-corrected chi connectivity index (χ3v) is 19.5. The molecular weight excluding hydrogens is 1260 g/mol. The number of imidazole rings is 1. The first-order valence-electron chi connectivity index (χ1n) is 35.7. The number of ketones is 3. The number of carbonyl (C=O) groups is 12. The van der Waals surface area contributed by atoms with Crippen LogP contribution in [0.1, 0.15) is 178 Å². The van der Waals surface area contributed by atoms with E-state index in [1.807, 2.05) is 74.4 Å². The molecule has 0 spiro atoms. The van der Waals surface area contributed by atoms with Crippen LogP contribution in [0.3, 0.4) is 0 Å². The molecule has 25 nitrogen and oxygen atoms in total. The summed E-state index contributed by atoms with van der Waals surface area (Å²) in [5, 5.41) is 18.4. The fourth-order valence-corrected chi connectivity index (χ4v) is 13.2. The summed E-state index contributed by atoms with van der Waals surface area (Å²) in [7, 11) is 13.9. The van der Waals surface area contributed by atoms with Crippen LogP contribution in [0.15, 0.2) is 18.2 Å². The van der Waals surface area contributed by atoms with Crippen LogP contribution in [0, 0.1) is 59.2 Å². The van der Waals surface area contributed by atoms with Crippen molar-refractivity contribution in [3.05, 3.63) is 29.6 Å². The van der Waals surface area contributed by atoms with E-state index in [0.29, 0.717) is 35.5 Å². The summed E-state index contributed by atoms with van der Waals surface area (Å²) < 4.78 is 0. The number of aromatic nitrogens is 2. The summed E-state index contributed by atoms with van der Waals surface area (Å²) >= 11 is 0. The average Bonchev–Trinajstić information content (AvgIpc) is 1.50. The molecule has 0 radical (unpaired) electrons. The second-order valence-corrected chi connectivity index (χ2v) is 30.9. The summed E-state index contributed by atoms with van der Waals surface area (Å²) in [5.74, 6) is -11.6. The standard InChI is InChI=1S/C74H124N12O13/c1-26-50-38-61(89)65(66(91)47(14)36-62-77-53-28-27-51(37-54(53)78-62)68(93)75-29-30-79(17)18)86(25)74(99)64(46(12)13)85(24)73(98)58(34-44(8)9)84(23)72(97)57(33-43(6)7)83(22)69(94)49(16)76-67(92)48(15)35-59(87)56(32-42(4)5)82(21)71(96)52(45(10)11)39-60(88)55(31-41(2)3)81(20)63(90)40-80(19)70(50)95/h27-28,37,41-50,52,55-58,64-66,91H,26,29-36,38-40H2,1-25H3,(H,75,93)(H,76,92)(H,77,78)/t47-,48-,49-,50-,52+,55+,56+,57+,58+,64+,65-,66-/m1/s1. The third-order valence-electron chi connectivity index (χ3n) is 19.5. The van der Waals surface area contributed by atoms with E-state index in [0.717, 1.165) is 4.90 Å². The molecule has 1 aromatic carbocycles. The Hall–Kier alpha value is -7.15. The summed E-state index contributed by atoms with van der Waals surface area (Å²) in [6.07, 6.45) is -1.85. The predicted octanol–water partition coefficient (Wildman–Crippen LogP) is 5.99. The average molecular weight is 1390 g/mol. The molecule has 1 aromatic heterocycles. The van der Waals surface area contributed by atoms with E-state index in [1.165, 1.54) is 85.7 Å². The second-order valence-electron chi connectivity index (χ2n) is 30.9. The number of H-pyrrole nitrogens is 1. The molecule has 1 aliphatic rings. The van der Waals surface area contributed by atoms with Gasteiger partial charge in [0.15, 0.2) is 17.3 Å². The molecule has 3 rings (SSSR count). The molecule has 0 unspecified atom stereocenters. The van der Waals surface area contributed by atoms with Crippen LogP contribution in [0.4, 0.5) is 0 Å². The number of benzene rings is 1. The SMILES string of the molecule is CC[C@@H]1CC(=O)[C@H]([C@H](O)[C@H](C)Cc2nc3ccc(C(=O)NCCN(C)C)cc3[nH]2)N(C)C(=O)[C@H](C(C)C)N(C)C(=O)[C@H](CC(C)C)N(C)C(=O)[C@H](CC(C)C)N(C)C(=O)[C@@H](C)NC(=O)[C@H](C)CC(=O)[C@H](CC(C)C)N(C)C(=O)[C@H](C(C)C)CC(=O)[C@H](CC(C)C)N(C)C(=O)CN(C)C1=O. The third kappa shape index (κ3) is 23.7. The maximum Gasteiger partial charge on any atom is 0.251 e. The Kier molecular flexibility index (Phi) is 33.6. The van der Waals surface area contributed by atoms with Crippen LogP contribution >= 0.6 is 0 Å². The van der Waals surface area contributed by atoms with Gasteiger partial charge in [-0.2, -0.15) is 0 Å².